The van der Waals surface area contributed by atoms with Gasteiger partial charge in [0.25, 0.3) is 0 Å². The lowest BCUT2D eigenvalue weighted by Crippen LogP contribution is -2.94. The molecular weight excluding hydrogens is 365 g/mol. The van der Waals surface area contributed by atoms with Crippen molar-refractivity contribution in [2.75, 3.05) is 0 Å². The van der Waals surface area contributed by atoms with Gasteiger partial charge in [-0.15, -0.1) is 0 Å². The Morgan fingerprint density at radius 3 is 2.15 bits per heavy atom. The van der Waals surface area contributed by atoms with Crippen molar-refractivity contribution >= 4 is 23.2 Å². The molecule has 0 atom stereocenters. The number of hydrogen-bond donors (Lipinski definition) is 1. The van der Waals surface area contributed by atoms with Gasteiger partial charge in [0.2, 0.25) is 0 Å². The van der Waals surface area contributed by atoms with Gasteiger partial charge in [-0.2, -0.15) is 0 Å². The molecule has 0 saturated carbocycles. The fraction of sp³-hybridized carbons (Fsp3) is 0.455. The van der Waals surface area contributed by atoms with Gasteiger partial charge in [-0.3, -0.25) is 0 Å². The van der Waals surface area contributed by atoms with Crippen LogP contribution < -0.4 is 10.1 Å². The summed E-state index contributed by atoms with van der Waals surface area (Å²) in [5, 5.41) is 3.68. The molecule has 0 bridgehead atoms. The number of ether oxygens (including phenoxy) is 1. The number of halogens is 2. The van der Waals surface area contributed by atoms with E-state index in [1.807, 2.05) is 24.3 Å². The molecule has 0 aromatic heterocycles. The summed E-state index contributed by atoms with van der Waals surface area (Å²) in [6.45, 7) is 12.9. The zero-order chi connectivity index (χ0) is 19.4. The number of hydrogen-bond acceptors (Lipinski definition) is 1. The quantitative estimate of drug-likeness (QED) is 0.625. The molecule has 0 spiro atoms. The Morgan fingerprint density at radius 2 is 1.58 bits per heavy atom. The Balaban J connectivity index is 1.88. The summed E-state index contributed by atoms with van der Waals surface area (Å²) in [4.78, 5) is 0. The minimum Gasteiger partial charge on any atom is -0.489 e. The molecule has 2 aromatic carbocycles. The van der Waals surface area contributed by atoms with Crippen molar-refractivity contribution in [2.24, 2.45) is 5.41 Å². The van der Waals surface area contributed by atoms with Crippen LogP contribution in [0.5, 0.6) is 5.75 Å². The van der Waals surface area contributed by atoms with Gasteiger partial charge in [-0.05, 0) is 55.7 Å². The topological polar surface area (TPSA) is 25.8 Å². The van der Waals surface area contributed by atoms with Crippen molar-refractivity contribution in [3.05, 3.63) is 63.6 Å². The Labute approximate surface area is 167 Å². The highest BCUT2D eigenvalue weighted by molar-refractivity contribution is 6.35. The van der Waals surface area contributed by atoms with E-state index in [9.17, 15) is 0 Å². The maximum atomic E-state index is 6.18. The predicted molar refractivity (Wildman–Crippen MR) is 111 cm³/mol. The molecule has 2 aromatic rings. The van der Waals surface area contributed by atoms with Crippen LogP contribution in [-0.4, -0.2) is 5.54 Å². The van der Waals surface area contributed by atoms with Crippen molar-refractivity contribution in [2.45, 2.75) is 59.7 Å². The Morgan fingerprint density at radius 1 is 0.923 bits per heavy atom. The first-order valence-corrected chi connectivity index (χ1v) is 9.80. The molecule has 0 radical (unpaired) electrons. The molecule has 0 aliphatic heterocycles. The second-order valence-electron chi connectivity index (χ2n) is 8.80. The Bertz CT molecular complexity index is 718. The molecule has 2 N–H and O–H groups in total. The zero-order valence-electron chi connectivity index (χ0n) is 16.4. The van der Waals surface area contributed by atoms with E-state index in [0.717, 1.165) is 17.9 Å². The third kappa shape index (κ3) is 7.19. The van der Waals surface area contributed by atoms with Gasteiger partial charge in [-0.25, -0.2) is 0 Å². The molecule has 0 aliphatic rings. The second-order valence-corrected chi connectivity index (χ2v) is 9.65. The summed E-state index contributed by atoms with van der Waals surface area (Å²) >= 11 is 12.1. The average Bonchev–Trinajstić information content (AvgIpc) is 2.51. The normalized spacial score (nSPS) is 12.3. The standard InChI is InChI=1S/C22H29Cl2NO/c1-21(2,3)15-22(4,5)25-13-16-6-10-19(11-7-16)26-14-17-8-9-18(23)12-20(17)24/h6-12,25H,13-15H2,1-5H3/p+1. The summed E-state index contributed by atoms with van der Waals surface area (Å²) in [7, 11) is 0. The lowest BCUT2D eigenvalue weighted by Gasteiger charge is -2.30. The van der Waals surface area contributed by atoms with E-state index in [0.29, 0.717) is 22.1 Å². The lowest BCUT2D eigenvalue weighted by molar-refractivity contribution is -0.737. The van der Waals surface area contributed by atoms with E-state index in [1.54, 1.807) is 6.07 Å². The minimum absolute atomic E-state index is 0.221. The summed E-state index contributed by atoms with van der Waals surface area (Å²) in [6.07, 6.45) is 1.17. The van der Waals surface area contributed by atoms with E-state index in [4.69, 9.17) is 27.9 Å². The smallest absolute Gasteiger partial charge is 0.119 e. The molecule has 0 amide bonds. The second kappa shape index (κ2) is 8.65. The van der Waals surface area contributed by atoms with Crippen molar-refractivity contribution in [1.82, 2.24) is 0 Å². The van der Waals surface area contributed by atoms with Crippen LogP contribution in [-0.2, 0) is 13.2 Å². The van der Waals surface area contributed by atoms with Crippen LogP contribution in [0.25, 0.3) is 0 Å². The summed E-state index contributed by atoms with van der Waals surface area (Å²) in [5.41, 5.74) is 2.78. The molecule has 0 fully saturated rings. The van der Waals surface area contributed by atoms with Crippen LogP contribution in [0.3, 0.4) is 0 Å². The first-order chi connectivity index (χ1) is 12.0. The van der Waals surface area contributed by atoms with E-state index in [-0.39, 0.29) is 5.54 Å². The van der Waals surface area contributed by atoms with Crippen LogP contribution in [0.2, 0.25) is 10.0 Å². The molecule has 0 heterocycles. The molecule has 2 nitrogen and oxygen atoms in total. The molecular formula is C22H30Cl2NO+. The van der Waals surface area contributed by atoms with Crippen molar-refractivity contribution in [3.63, 3.8) is 0 Å². The average molecular weight is 395 g/mol. The predicted octanol–water partition coefficient (Wildman–Crippen LogP) is 5.85. The number of quaternary nitrogens is 1. The van der Waals surface area contributed by atoms with Gasteiger partial charge < -0.3 is 10.1 Å². The monoisotopic (exact) mass is 394 g/mol. The van der Waals surface area contributed by atoms with Gasteiger partial charge in [-0.1, -0.05) is 50.0 Å². The van der Waals surface area contributed by atoms with E-state index < -0.39 is 0 Å². The highest BCUT2D eigenvalue weighted by Gasteiger charge is 2.28. The summed E-state index contributed by atoms with van der Waals surface area (Å²) in [6, 6.07) is 13.7. The lowest BCUT2D eigenvalue weighted by atomic mass is 9.82. The maximum absolute atomic E-state index is 6.18. The zero-order valence-corrected chi connectivity index (χ0v) is 17.9. The molecule has 4 heteroatoms. The SMILES string of the molecule is CC(C)(C)CC(C)(C)[NH2+]Cc1ccc(OCc2ccc(Cl)cc2Cl)cc1. The summed E-state index contributed by atoms with van der Waals surface area (Å²) in [5.74, 6) is 0.841. The third-order valence-electron chi connectivity index (χ3n) is 4.21. The van der Waals surface area contributed by atoms with Gasteiger partial charge in [0.15, 0.2) is 0 Å². The molecule has 2 rings (SSSR count). The van der Waals surface area contributed by atoms with Crippen LogP contribution in [0.15, 0.2) is 42.5 Å². The fourth-order valence-electron chi connectivity index (χ4n) is 3.35. The molecule has 142 valence electrons. The number of nitrogens with two attached hydrogens (primary N) is 1. The summed E-state index contributed by atoms with van der Waals surface area (Å²) < 4.78 is 5.84. The largest absolute Gasteiger partial charge is 0.489 e. The van der Waals surface area contributed by atoms with Crippen LogP contribution in [0.4, 0.5) is 0 Å². The van der Waals surface area contributed by atoms with Gasteiger partial charge in [0, 0.05) is 27.6 Å². The molecule has 0 unspecified atom stereocenters. The van der Waals surface area contributed by atoms with E-state index >= 15 is 0 Å². The van der Waals surface area contributed by atoms with Gasteiger partial charge in [0.1, 0.15) is 18.9 Å². The van der Waals surface area contributed by atoms with Crippen molar-refractivity contribution in [1.29, 1.82) is 0 Å². The third-order valence-corrected chi connectivity index (χ3v) is 4.80. The number of rotatable bonds is 7. The first-order valence-electron chi connectivity index (χ1n) is 9.04. The fourth-order valence-corrected chi connectivity index (χ4v) is 3.82. The molecule has 0 saturated heterocycles. The Kier molecular flexibility index (Phi) is 7.01. The highest BCUT2D eigenvalue weighted by atomic mass is 35.5. The van der Waals surface area contributed by atoms with Crippen LogP contribution in [0, 0.1) is 5.41 Å². The Hall–Kier alpha value is -1.22. The van der Waals surface area contributed by atoms with Crippen LogP contribution in [0.1, 0.15) is 52.2 Å². The van der Waals surface area contributed by atoms with E-state index in [2.05, 4.69) is 52.1 Å². The highest BCUT2D eigenvalue weighted by Crippen LogP contribution is 2.25. The van der Waals surface area contributed by atoms with Gasteiger partial charge in [0.05, 0.1) is 5.54 Å². The van der Waals surface area contributed by atoms with E-state index in [1.165, 1.54) is 12.0 Å². The van der Waals surface area contributed by atoms with Crippen molar-refractivity contribution in [3.8, 4) is 5.75 Å². The minimum atomic E-state index is 0.221. The molecule has 0 aliphatic carbocycles. The van der Waals surface area contributed by atoms with Gasteiger partial charge >= 0.3 is 0 Å². The number of benzene rings is 2. The maximum Gasteiger partial charge on any atom is 0.119 e. The van der Waals surface area contributed by atoms with Crippen LogP contribution >= 0.6 is 23.2 Å². The molecule has 26 heavy (non-hydrogen) atoms. The first kappa shape index (κ1) is 21.1. The van der Waals surface area contributed by atoms with Crippen molar-refractivity contribution < 1.29 is 10.1 Å².